The summed E-state index contributed by atoms with van der Waals surface area (Å²) in [5.74, 6) is 0.570. The normalized spacial score (nSPS) is 13.0. The minimum Gasteiger partial charge on any atom is -0.497 e. The lowest BCUT2D eigenvalue weighted by Gasteiger charge is -2.15. The van der Waals surface area contributed by atoms with Crippen molar-refractivity contribution in [2.45, 2.75) is 32.1 Å². The summed E-state index contributed by atoms with van der Waals surface area (Å²) in [5.41, 5.74) is 1.60. The van der Waals surface area contributed by atoms with Gasteiger partial charge in [-0.2, -0.15) is 0 Å². The van der Waals surface area contributed by atoms with Gasteiger partial charge in [0.05, 0.1) is 18.9 Å². The monoisotopic (exact) mass is 340 g/mol. The summed E-state index contributed by atoms with van der Waals surface area (Å²) >= 11 is 1.48. The molecule has 1 aromatic heterocycles. The van der Waals surface area contributed by atoms with Gasteiger partial charge >= 0.3 is 0 Å². The molecule has 1 atom stereocenters. The van der Waals surface area contributed by atoms with E-state index in [0.29, 0.717) is 17.7 Å². The first kappa shape index (κ1) is 16.9. The number of nitrogens with zero attached hydrogens (tertiary/aromatic N) is 1. The molecule has 0 saturated carbocycles. The van der Waals surface area contributed by atoms with E-state index in [4.69, 9.17) is 4.74 Å². The molecule has 0 aliphatic heterocycles. The quantitative estimate of drug-likeness (QED) is 0.841. The summed E-state index contributed by atoms with van der Waals surface area (Å²) in [7, 11) is -1.89. The van der Waals surface area contributed by atoms with Crippen LogP contribution in [-0.4, -0.2) is 20.5 Å². The highest BCUT2D eigenvalue weighted by molar-refractivity contribution is 7.88. The van der Waals surface area contributed by atoms with Crippen LogP contribution < -0.4 is 9.46 Å². The highest BCUT2D eigenvalue weighted by Gasteiger charge is 2.21. The fourth-order valence-corrected chi connectivity index (χ4v) is 4.50. The fourth-order valence-electron chi connectivity index (χ4n) is 2.08. The standard InChI is InChI=1S/C15H20N2O3S2/c1-4-14(15-16-11(2)9-21-15)17-22(18,19)10-12-6-5-7-13(8-12)20-3/h5-9,14,17H,4,10H2,1-3H3/t14-/m0/s1. The Balaban J connectivity index is 2.12. The van der Waals surface area contributed by atoms with Crippen molar-refractivity contribution in [3.8, 4) is 5.75 Å². The Morgan fingerprint density at radius 2 is 2.18 bits per heavy atom. The molecule has 0 unspecified atom stereocenters. The van der Waals surface area contributed by atoms with Crippen molar-refractivity contribution >= 4 is 21.4 Å². The molecule has 1 aromatic carbocycles. The smallest absolute Gasteiger partial charge is 0.216 e. The van der Waals surface area contributed by atoms with Gasteiger partial charge in [-0.05, 0) is 31.0 Å². The minimum absolute atomic E-state index is 0.0783. The molecule has 0 aliphatic carbocycles. The third-order valence-electron chi connectivity index (χ3n) is 3.16. The molecule has 2 aromatic rings. The summed E-state index contributed by atoms with van der Waals surface area (Å²) in [6, 6.07) is 6.79. The molecule has 120 valence electrons. The molecule has 0 radical (unpaired) electrons. The van der Waals surface area contributed by atoms with E-state index in [1.807, 2.05) is 19.2 Å². The number of ether oxygens (including phenoxy) is 1. The second kappa shape index (κ2) is 7.21. The van der Waals surface area contributed by atoms with Crippen LogP contribution in [0, 0.1) is 6.92 Å². The van der Waals surface area contributed by atoms with E-state index in [0.717, 1.165) is 10.7 Å². The zero-order valence-electron chi connectivity index (χ0n) is 12.9. The van der Waals surface area contributed by atoms with Crippen LogP contribution in [0.3, 0.4) is 0 Å². The van der Waals surface area contributed by atoms with Gasteiger partial charge in [-0.15, -0.1) is 11.3 Å². The average Bonchev–Trinajstić information content (AvgIpc) is 2.91. The number of methoxy groups -OCH3 is 1. The Labute approximate surface area is 135 Å². The molecule has 0 spiro atoms. The van der Waals surface area contributed by atoms with Crippen LogP contribution in [0.2, 0.25) is 0 Å². The molecule has 7 heteroatoms. The maximum atomic E-state index is 12.4. The molecule has 22 heavy (non-hydrogen) atoms. The van der Waals surface area contributed by atoms with E-state index < -0.39 is 10.0 Å². The van der Waals surface area contributed by atoms with Crippen LogP contribution in [0.25, 0.3) is 0 Å². The van der Waals surface area contributed by atoms with Crippen LogP contribution >= 0.6 is 11.3 Å². The number of aromatic nitrogens is 1. The first-order valence-corrected chi connectivity index (χ1v) is 9.51. The van der Waals surface area contributed by atoms with Crippen molar-refractivity contribution in [1.82, 2.24) is 9.71 Å². The topological polar surface area (TPSA) is 68.3 Å². The molecular formula is C15H20N2O3S2. The zero-order chi connectivity index (χ0) is 16.2. The van der Waals surface area contributed by atoms with Crippen LogP contribution in [-0.2, 0) is 15.8 Å². The largest absolute Gasteiger partial charge is 0.497 e. The van der Waals surface area contributed by atoms with Crippen molar-refractivity contribution < 1.29 is 13.2 Å². The summed E-state index contributed by atoms with van der Waals surface area (Å²) in [6.07, 6.45) is 0.657. The second-order valence-electron chi connectivity index (χ2n) is 5.02. The SMILES string of the molecule is CC[C@H](NS(=O)(=O)Cc1cccc(OC)c1)c1nc(C)cs1. The summed E-state index contributed by atoms with van der Waals surface area (Å²) in [4.78, 5) is 4.37. The number of nitrogens with one attached hydrogen (secondary N) is 1. The molecule has 0 fully saturated rings. The van der Waals surface area contributed by atoms with E-state index in [1.54, 1.807) is 31.4 Å². The Morgan fingerprint density at radius 3 is 2.77 bits per heavy atom. The maximum absolute atomic E-state index is 12.4. The van der Waals surface area contributed by atoms with Gasteiger partial charge in [-0.25, -0.2) is 18.1 Å². The number of rotatable bonds is 7. The van der Waals surface area contributed by atoms with E-state index in [-0.39, 0.29) is 11.8 Å². The molecule has 5 nitrogen and oxygen atoms in total. The van der Waals surface area contributed by atoms with Gasteiger partial charge in [0.25, 0.3) is 0 Å². The van der Waals surface area contributed by atoms with Crippen molar-refractivity contribution in [3.05, 3.63) is 45.9 Å². The van der Waals surface area contributed by atoms with Crippen molar-refractivity contribution in [2.24, 2.45) is 0 Å². The number of sulfonamides is 1. The molecular weight excluding hydrogens is 320 g/mol. The third kappa shape index (κ3) is 4.53. The molecule has 0 saturated heterocycles. The van der Waals surface area contributed by atoms with Crippen LogP contribution in [0.15, 0.2) is 29.6 Å². The average molecular weight is 340 g/mol. The summed E-state index contributed by atoms with van der Waals surface area (Å²) in [6.45, 7) is 3.84. The van der Waals surface area contributed by atoms with Crippen molar-refractivity contribution in [2.75, 3.05) is 7.11 Å². The van der Waals surface area contributed by atoms with Crippen LogP contribution in [0.4, 0.5) is 0 Å². The number of hydrogen-bond donors (Lipinski definition) is 1. The minimum atomic E-state index is -3.45. The predicted molar refractivity (Wildman–Crippen MR) is 88.6 cm³/mol. The number of hydrogen-bond acceptors (Lipinski definition) is 5. The van der Waals surface area contributed by atoms with Gasteiger partial charge in [0.15, 0.2) is 0 Å². The van der Waals surface area contributed by atoms with E-state index >= 15 is 0 Å². The van der Waals surface area contributed by atoms with E-state index in [2.05, 4.69) is 9.71 Å². The lowest BCUT2D eigenvalue weighted by atomic mass is 10.2. The lowest BCUT2D eigenvalue weighted by molar-refractivity contribution is 0.414. The summed E-state index contributed by atoms with van der Waals surface area (Å²) in [5, 5.41) is 2.73. The Morgan fingerprint density at radius 1 is 1.41 bits per heavy atom. The van der Waals surface area contributed by atoms with Crippen LogP contribution in [0.1, 0.15) is 35.7 Å². The highest BCUT2D eigenvalue weighted by atomic mass is 32.2. The molecule has 0 aliphatic rings. The third-order valence-corrected chi connectivity index (χ3v) is 5.59. The predicted octanol–water partition coefficient (Wildman–Crippen LogP) is 3.03. The van der Waals surface area contributed by atoms with E-state index in [9.17, 15) is 8.42 Å². The fraction of sp³-hybridized carbons (Fsp3) is 0.400. The number of benzene rings is 1. The lowest BCUT2D eigenvalue weighted by Crippen LogP contribution is -2.29. The molecule has 1 heterocycles. The molecule has 0 amide bonds. The van der Waals surface area contributed by atoms with Gasteiger partial charge in [0.2, 0.25) is 10.0 Å². The van der Waals surface area contributed by atoms with Gasteiger partial charge in [0, 0.05) is 11.1 Å². The van der Waals surface area contributed by atoms with Gasteiger partial charge in [-0.3, -0.25) is 0 Å². The first-order valence-electron chi connectivity index (χ1n) is 6.98. The summed E-state index contributed by atoms with van der Waals surface area (Å²) < 4.78 is 32.6. The second-order valence-corrected chi connectivity index (χ2v) is 7.66. The van der Waals surface area contributed by atoms with Gasteiger partial charge in [-0.1, -0.05) is 19.1 Å². The van der Waals surface area contributed by atoms with E-state index in [1.165, 1.54) is 11.3 Å². The van der Waals surface area contributed by atoms with Crippen molar-refractivity contribution in [1.29, 1.82) is 0 Å². The van der Waals surface area contributed by atoms with Crippen LogP contribution in [0.5, 0.6) is 5.75 Å². The van der Waals surface area contributed by atoms with Crippen molar-refractivity contribution in [3.63, 3.8) is 0 Å². The Kier molecular flexibility index (Phi) is 5.55. The molecule has 2 rings (SSSR count). The number of thiazole rings is 1. The molecule has 1 N–H and O–H groups in total. The Bertz CT molecular complexity index is 726. The first-order chi connectivity index (χ1) is 10.4. The highest BCUT2D eigenvalue weighted by Crippen LogP contribution is 2.23. The zero-order valence-corrected chi connectivity index (χ0v) is 14.5. The molecule has 0 bridgehead atoms. The number of aryl methyl sites for hydroxylation is 1. The van der Waals surface area contributed by atoms with Gasteiger partial charge in [0.1, 0.15) is 10.8 Å². The Hall–Kier alpha value is -1.44. The maximum Gasteiger partial charge on any atom is 0.216 e. The van der Waals surface area contributed by atoms with Gasteiger partial charge < -0.3 is 4.74 Å².